The van der Waals surface area contributed by atoms with Crippen LogP contribution in [0.4, 0.5) is 0 Å². The van der Waals surface area contributed by atoms with Crippen LogP contribution >= 0.6 is 0 Å². The zero-order valence-electron chi connectivity index (χ0n) is 19.9. The highest BCUT2D eigenvalue weighted by Crippen LogP contribution is 2.23. The Bertz CT molecular complexity index is 988. The van der Waals surface area contributed by atoms with Crippen LogP contribution in [0, 0.1) is 23.7 Å². The summed E-state index contributed by atoms with van der Waals surface area (Å²) in [5.74, 6) is 11.4. The normalized spacial score (nSPS) is 36.4. The second kappa shape index (κ2) is 13.0. The van der Waals surface area contributed by atoms with Crippen molar-refractivity contribution in [2.75, 3.05) is 13.2 Å². The van der Waals surface area contributed by atoms with E-state index < -0.39 is 74.3 Å². The van der Waals surface area contributed by atoms with Gasteiger partial charge in [-0.3, -0.25) is 0 Å². The first-order valence-electron chi connectivity index (χ1n) is 12.0. The Hall–Kier alpha value is -2.06. The van der Waals surface area contributed by atoms with E-state index in [1.165, 1.54) is 0 Å². The lowest BCUT2D eigenvalue weighted by atomic mass is 9.94. The van der Waals surface area contributed by atoms with Crippen LogP contribution in [0.3, 0.4) is 0 Å². The molecule has 0 spiro atoms. The third kappa shape index (κ3) is 6.43. The molecular weight excluding hydrogens is 472 g/mol. The van der Waals surface area contributed by atoms with E-state index in [-0.39, 0.29) is 0 Å². The van der Waals surface area contributed by atoms with Gasteiger partial charge in [-0.15, -0.1) is 0 Å². The molecule has 198 valence electrons. The number of ether oxygens (including phenoxy) is 2. The topological polar surface area (TPSA) is 180 Å². The molecule has 10 atom stereocenters. The largest absolute Gasteiger partial charge is 0.394 e. The monoisotopic (exact) mass is 506 g/mol. The van der Waals surface area contributed by atoms with Crippen LogP contribution in [0.2, 0.25) is 0 Å². The van der Waals surface area contributed by atoms with Gasteiger partial charge in [-0.2, -0.15) is 0 Å². The minimum absolute atomic E-state index is 0.535. The molecule has 36 heavy (non-hydrogen) atoms. The molecule has 8 N–H and O–H groups in total. The van der Waals surface area contributed by atoms with Gasteiger partial charge in [-0.05, 0) is 36.6 Å². The van der Waals surface area contributed by atoms with Crippen LogP contribution < -0.4 is 0 Å². The summed E-state index contributed by atoms with van der Waals surface area (Å²) in [7, 11) is 0. The lowest BCUT2D eigenvalue weighted by molar-refractivity contribution is -0.214. The first-order valence-corrected chi connectivity index (χ1v) is 12.0. The lowest BCUT2D eigenvalue weighted by Gasteiger charge is -2.37. The van der Waals surface area contributed by atoms with Crippen molar-refractivity contribution in [3.8, 4) is 23.7 Å². The van der Waals surface area contributed by atoms with Crippen LogP contribution in [0.15, 0.2) is 18.2 Å². The van der Waals surface area contributed by atoms with E-state index in [2.05, 4.69) is 23.7 Å². The molecular formula is C26H34O10. The van der Waals surface area contributed by atoms with Gasteiger partial charge in [0.15, 0.2) is 0 Å². The van der Waals surface area contributed by atoms with E-state index in [4.69, 9.17) is 9.47 Å². The summed E-state index contributed by atoms with van der Waals surface area (Å²) in [6.07, 6.45) is -10.6. The Morgan fingerprint density at radius 1 is 0.722 bits per heavy atom. The average molecular weight is 507 g/mol. The minimum atomic E-state index is -1.50. The van der Waals surface area contributed by atoms with Gasteiger partial charge >= 0.3 is 0 Å². The quantitative estimate of drug-likeness (QED) is 0.198. The molecule has 2 fully saturated rings. The molecule has 0 saturated carbocycles. The van der Waals surface area contributed by atoms with Crippen molar-refractivity contribution < 1.29 is 50.3 Å². The summed E-state index contributed by atoms with van der Waals surface area (Å²) in [5, 5.41) is 78.9. The first kappa shape index (κ1) is 28.5. The number of unbranched alkanes of at least 4 members (excludes halogenated alkanes) is 1. The van der Waals surface area contributed by atoms with Gasteiger partial charge < -0.3 is 50.3 Å². The zero-order chi connectivity index (χ0) is 26.4. The molecule has 1 aromatic carbocycles. The molecule has 1 aromatic rings. The predicted molar refractivity (Wildman–Crippen MR) is 126 cm³/mol. The standard InChI is InChI=1S/C26H34O10/c1-2-3-4-16-11-14(6-9-17-21(29)25(33)23(31)19(12-27)35-17)5-7-15(16)8-10-18-22(30)26(34)24(32)20(13-28)36-18/h5,7,11,17-34H,2-4,12-13H2,1H3. The Balaban J connectivity index is 1.83. The number of aryl methyl sites for hydroxylation is 1. The number of benzene rings is 1. The van der Waals surface area contributed by atoms with E-state index in [0.29, 0.717) is 17.5 Å². The van der Waals surface area contributed by atoms with Gasteiger partial charge in [0.2, 0.25) is 0 Å². The van der Waals surface area contributed by atoms with Crippen LogP contribution in [0.25, 0.3) is 0 Å². The Morgan fingerprint density at radius 3 is 1.75 bits per heavy atom. The summed E-state index contributed by atoms with van der Waals surface area (Å²) in [4.78, 5) is 0. The fraction of sp³-hybridized carbons (Fsp3) is 0.615. The lowest BCUT2D eigenvalue weighted by Crippen LogP contribution is -2.58. The molecule has 10 nitrogen and oxygen atoms in total. The Morgan fingerprint density at radius 2 is 1.25 bits per heavy atom. The second-order valence-corrected chi connectivity index (χ2v) is 9.01. The Kier molecular flexibility index (Phi) is 10.3. The maximum absolute atomic E-state index is 10.2. The summed E-state index contributed by atoms with van der Waals surface area (Å²) in [6, 6.07) is 5.26. The maximum atomic E-state index is 10.2. The van der Waals surface area contributed by atoms with Gasteiger partial charge in [0.05, 0.1) is 13.2 Å². The third-order valence-electron chi connectivity index (χ3n) is 6.40. The van der Waals surface area contributed by atoms with E-state index in [0.717, 1.165) is 18.4 Å². The number of aliphatic hydroxyl groups excluding tert-OH is 8. The van der Waals surface area contributed by atoms with Crippen LogP contribution in [0.1, 0.15) is 36.5 Å². The van der Waals surface area contributed by atoms with Gasteiger partial charge in [-0.25, -0.2) is 0 Å². The highest BCUT2D eigenvalue weighted by Gasteiger charge is 2.43. The number of aliphatic hydroxyl groups is 8. The van der Waals surface area contributed by atoms with Crippen LogP contribution in [0.5, 0.6) is 0 Å². The molecule has 0 aliphatic carbocycles. The van der Waals surface area contributed by atoms with Crippen molar-refractivity contribution in [1.29, 1.82) is 0 Å². The van der Waals surface area contributed by atoms with Crippen molar-refractivity contribution in [1.82, 2.24) is 0 Å². The highest BCUT2D eigenvalue weighted by atomic mass is 16.5. The SMILES string of the molecule is CCCCc1cc(C#CC2OC(CO)C(O)C(O)C2O)ccc1C#CC1OC(CO)C(O)C(O)C1O. The van der Waals surface area contributed by atoms with Crippen molar-refractivity contribution in [2.45, 2.75) is 87.2 Å². The van der Waals surface area contributed by atoms with Gasteiger partial charge in [0.1, 0.15) is 61.0 Å². The fourth-order valence-electron chi connectivity index (χ4n) is 4.11. The first-order chi connectivity index (χ1) is 17.2. The van der Waals surface area contributed by atoms with E-state index >= 15 is 0 Å². The summed E-state index contributed by atoms with van der Waals surface area (Å²) < 4.78 is 10.9. The van der Waals surface area contributed by atoms with Crippen molar-refractivity contribution in [2.24, 2.45) is 0 Å². The van der Waals surface area contributed by atoms with Gasteiger partial charge in [-0.1, -0.05) is 37.0 Å². The molecule has 0 aromatic heterocycles. The molecule has 2 saturated heterocycles. The smallest absolute Gasteiger partial charge is 0.147 e. The van der Waals surface area contributed by atoms with Gasteiger partial charge in [0.25, 0.3) is 0 Å². The molecule has 10 heteroatoms. The van der Waals surface area contributed by atoms with Crippen LogP contribution in [-0.2, 0) is 15.9 Å². The van der Waals surface area contributed by atoms with Crippen molar-refractivity contribution in [3.05, 3.63) is 34.9 Å². The predicted octanol–water partition coefficient (Wildman–Crippen LogP) is -2.58. The zero-order valence-corrected chi connectivity index (χ0v) is 19.9. The molecule has 0 amide bonds. The molecule has 0 bridgehead atoms. The molecule has 2 aliphatic rings. The molecule has 0 radical (unpaired) electrons. The molecule has 3 rings (SSSR count). The number of rotatable bonds is 5. The van der Waals surface area contributed by atoms with E-state index in [9.17, 15) is 40.9 Å². The molecule has 10 unspecified atom stereocenters. The van der Waals surface area contributed by atoms with E-state index in [1.54, 1.807) is 12.1 Å². The average Bonchev–Trinajstić information content (AvgIpc) is 2.89. The Labute approximate surface area is 209 Å². The highest BCUT2D eigenvalue weighted by molar-refractivity contribution is 5.48. The summed E-state index contributed by atoms with van der Waals surface area (Å²) >= 11 is 0. The van der Waals surface area contributed by atoms with Crippen LogP contribution in [-0.4, -0.2) is 115 Å². The third-order valence-corrected chi connectivity index (χ3v) is 6.40. The van der Waals surface area contributed by atoms with Crippen molar-refractivity contribution >= 4 is 0 Å². The number of hydrogen-bond donors (Lipinski definition) is 8. The summed E-state index contributed by atoms with van der Waals surface area (Å²) in [5.41, 5.74) is 2.12. The molecule has 2 aliphatic heterocycles. The minimum Gasteiger partial charge on any atom is -0.394 e. The molecule has 2 heterocycles. The van der Waals surface area contributed by atoms with Crippen molar-refractivity contribution in [3.63, 3.8) is 0 Å². The maximum Gasteiger partial charge on any atom is 0.147 e. The number of hydrogen-bond acceptors (Lipinski definition) is 10. The summed E-state index contributed by atoms with van der Waals surface area (Å²) in [6.45, 7) is 0.973. The second-order valence-electron chi connectivity index (χ2n) is 9.01. The van der Waals surface area contributed by atoms with Gasteiger partial charge in [0, 0.05) is 11.1 Å². The van der Waals surface area contributed by atoms with E-state index in [1.807, 2.05) is 13.0 Å². The fourth-order valence-corrected chi connectivity index (χ4v) is 4.11.